The summed E-state index contributed by atoms with van der Waals surface area (Å²) in [6, 6.07) is -1.18. The van der Waals surface area contributed by atoms with Crippen LogP contribution in [0.4, 0.5) is 0 Å². The molecule has 25 nitrogen and oxygen atoms in total. The van der Waals surface area contributed by atoms with E-state index in [0.29, 0.717) is 65.4 Å². The van der Waals surface area contributed by atoms with Crippen LogP contribution >= 0.6 is 0 Å². The summed E-state index contributed by atoms with van der Waals surface area (Å²) >= 11 is 0. The maximum atomic E-state index is 12.7. The van der Waals surface area contributed by atoms with Crippen LogP contribution in [0.2, 0.25) is 0 Å². The number of nitrogens with two attached hydrogens (primary N) is 2. The number of Topliss-reactive ketones (excluding diaryl/α,β-unsaturated/α-hetero) is 3. The monoisotopic (exact) mass is 1170 g/mol. The van der Waals surface area contributed by atoms with Gasteiger partial charge in [0.15, 0.2) is 11.6 Å². The third-order valence-corrected chi connectivity index (χ3v) is 13.4. The summed E-state index contributed by atoms with van der Waals surface area (Å²) in [5, 5.41) is 28.5. The number of aliphatic carboxylic acids is 1. The van der Waals surface area contributed by atoms with Gasteiger partial charge in [0.05, 0.1) is 87.8 Å². The largest absolute Gasteiger partial charge is 0.481 e. The van der Waals surface area contributed by atoms with Gasteiger partial charge in [0.1, 0.15) is 19.0 Å². The van der Waals surface area contributed by atoms with E-state index in [1.54, 1.807) is 47.7 Å². The molecule has 1 aromatic heterocycles. The van der Waals surface area contributed by atoms with Gasteiger partial charge in [0.25, 0.3) is 0 Å². The fourth-order valence-corrected chi connectivity index (χ4v) is 7.57. The van der Waals surface area contributed by atoms with E-state index in [2.05, 4.69) is 47.2 Å². The third-order valence-electron chi connectivity index (χ3n) is 13.4. The number of ketones is 3. The van der Waals surface area contributed by atoms with E-state index >= 15 is 0 Å². The second-order valence-corrected chi connectivity index (χ2v) is 21.9. The lowest BCUT2D eigenvalue weighted by atomic mass is 9.94. The van der Waals surface area contributed by atoms with Gasteiger partial charge in [-0.25, -0.2) is 4.98 Å². The van der Waals surface area contributed by atoms with Crippen LogP contribution in [0.5, 0.6) is 0 Å². The number of carbonyl (C=O) groups is 9. The standard InChI is InChI=1S/C36H69N5O10.C21H36N6O4/c1-2-38-31(36(37)47)17-15-16-20-39-33(43)29-50-27-26-49-24-22-41-34(44)30-51-28-25-48-23-21-40-32(42)18-13-11-9-7-5-3-4-6-8-10-12-14-19-35(45)46;1-13(28)19(2,3)25-10-16(29)20(4,5)26-11-17(30)21(6,7)27-18(31)15(22)8-14-9-23-12-24-14/h31,38H,2-30H2,1H3,(H2,37,47)(H,39,43)(H,40,42)(H,41,44)(H,45,46);9,12,15,25-26H,8,10-11,22H2,1-7H3,(H,23,24)(H,27,31)/t31-;15-/m00/s1. The Morgan fingerprint density at radius 2 is 1.06 bits per heavy atom. The molecule has 0 spiro atoms. The SMILES string of the molecule is CC(=O)C(C)(C)NCC(=O)C(C)(C)NCC(=O)C(C)(C)NC(=O)[C@@H](N)Cc1cnc[nH]1.CCN[C@@H](CCCCNC(=O)COCCOCCNC(=O)COCCOCCNC(=O)CCCCCCCCCCCCCCC(=O)O)C(N)=O. The van der Waals surface area contributed by atoms with Gasteiger partial charge in [0.2, 0.25) is 29.5 Å². The number of aromatic nitrogens is 2. The quantitative estimate of drug-likeness (QED) is 0.0417. The summed E-state index contributed by atoms with van der Waals surface area (Å²) < 4.78 is 21.4. The number of carbonyl (C=O) groups excluding carboxylic acids is 8. The molecule has 1 rings (SSSR count). The molecule has 0 aromatic carbocycles. The summed E-state index contributed by atoms with van der Waals surface area (Å²) in [6.07, 6.45) is 19.7. The number of rotatable bonds is 52. The van der Waals surface area contributed by atoms with Crippen LogP contribution in [-0.4, -0.2) is 189 Å². The molecule has 0 saturated carbocycles. The minimum atomic E-state index is -1.18. The maximum absolute atomic E-state index is 12.7. The number of nitrogens with zero attached hydrogens (tertiary/aromatic N) is 1. The van der Waals surface area contributed by atoms with Crippen molar-refractivity contribution in [3.63, 3.8) is 0 Å². The third kappa shape index (κ3) is 41.7. The first-order chi connectivity index (χ1) is 38.8. The summed E-state index contributed by atoms with van der Waals surface area (Å²) in [5.41, 5.74) is 8.99. The lowest BCUT2D eigenvalue weighted by molar-refractivity contribution is -0.137. The fraction of sp³-hybridized carbons (Fsp3) is 0.789. The first-order valence-electron chi connectivity index (χ1n) is 29.3. The minimum absolute atomic E-state index is 0.0245. The number of hydrogen-bond donors (Lipinski definition) is 11. The normalized spacial score (nSPS) is 12.4. The molecule has 1 heterocycles. The van der Waals surface area contributed by atoms with E-state index in [0.717, 1.165) is 57.1 Å². The number of nitrogens with one attached hydrogen (secondary N) is 8. The zero-order valence-electron chi connectivity index (χ0n) is 50.8. The Morgan fingerprint density at radius 1 is 0.598 bits per heavy atom. The van der Waals surface area contributed by atoms with Gasteiger partial charge < -0.3 is 67.1 Å². The zero-order chi connectivity index (χ0) is 61.7. The molecule has 2 atom stereocenters. The highest BCUT2D eigenvalue weighted by molar-refractivity contribution is 5.96. The van der Waals surface area contributed by atoms with Crippen molar-refractivity contribution in [1.82, 2.24) is 47.2 Å². The highest BCUT2D eigenvalue weighted by Crippen LogP contribution is 2.14. The predicted octanol–water partition coefficient (Wildman–Crippen LogP) is 2.22. The number of hydrogen-bond acceptors (Lipinski definition) is 18. The lowest BCUT2D eigenvalue weighted by Gasteiger charge is -2.31. The van der Waals surface area contributed by atoms with Gasteiger partial charge in [-0.1, -0.05) is 71.1 Å². The molecule has 0 fully saturated rings. The highest BCUT2D eigenvalue weighted by Gasteiger charge is 2.35. The van der Waals surface area contributed by atoms with Crippen molar-refractivity contribution >= 4 is 52.9 Å². The average molecular weight is 1170 g/mol. The van der Waals surface area contributed by atoms with Gasteiger partial charge in [-0.3, -0.25) is 53.8 Å². The number of ether oxygens (including phenoxy) is 4. The maximum Gasteiger partial charge on any atom is 0.303 e. The van der Waals surface area contributed by atoms with Crippen molar-refractivity contribution in [2.45, 2.75) is 200 Å². The number of primary amides is 1. The molecule has 1 aromatic rings. The van der Waals surface area contributed by atoms with Crippen molar-refractivity contribution in [1.29, 1.82) is 0 Å². The molecule has 0 saturated heterocycles. The Labute approximate surface area is 487 Å². The average Bonchev–Trinajstić information content (AvgIpc) is 4.01. The fourth-order valence-electron chi connectivity index (χ4n) is 7.57. The topological polar surface area (TPSA) is 376 Å². The van der Waals surface area contributed by atoms with Crippen molar-refractivity contribution in [3.05, 3.63) is 18.2 Å². The molecule has 0 aliphatic heterocycles. The number of likely N-dealkylation sites (N-methyl/N-ethyl adjacent to an activating group) is 1. The van der Waals surface area contributed by atoms with Crippen LogP contribution in [0.3, 0.4) is 0 Å². The molecular formula is C57H105N11O14. The second kappa shape index (κ2) is 46.1. The molecular weight excluding hydrogens is 1060 g/mol. The number of carboxylic acids is 1. The summed E-state index contributed by atoms with van der Waals surface area (Å²) in [4.78, 5) is 113. The van der Waals surface area contributed by atoms with Crippen LogP contribution in [0.25, 0.3) is 0 Å². The molecule has 25 heteroatoms. The summed E-state index contributed by atoms with van der Waals surface area (Å²) in [7, 11) is 0. The Balaban J connectivity index is 0.00000180. The van der Waals surface area contributed by atoms with Gasteiger partial charge in [-0.15, -0.1) is 0 Å². The number of imidazole rings is 1. The Hall–Kier alpha value is -5.28. The Morgan fingerprint density at radius 3 is 1.54 bits per heavy atom. The van der Waals surface area contributed by atoms with Gasteiger partial charge in [-0.05, 0) is 87.1 Å². The first kappa shape index (κ1) is 76.7. The molecule has 5 amide bonds. The van der Waals surface area contributed by atoms with Crippen molar-refractivity contribution in [3.8, 4) is 0 Å². The van der Waals surface area contributed by atoms with Crippen LogP contribution in [-0.2, 0) is 68.5 Å². The van der Waals surface area contributed by atoms with E-state index in [1.165, 1.54) is 51.8 Å². The van der Waals surface area contributed by atoms with Crippen LogP contribution in [0.15, 0.2) is 12.5 Å². The zero-order valence-corrected chi connectivity index (χ0v) is 50.8. The summed E-state index contributed by atoms with van der Waals surface area (Å²) in [6.45, 7) is 16.7. The van der Waals surface area contributed by atoms with Gasteiger partial charge >= 0.3 is 5.97 Å². The molecule has 0 radical (unpaired) electrons. The smallest absolute Gasteiger partial charge is 0.303 e. The minimum Gasteiger partial charge on any atom is -0.481 e. The van der Waals surface area contributed by atoms with E-state index < -0.39 is 34.5 Å². The van der Waals surface area contributed by atoms with E-state index in [1.807, 2.05) is 6.92 Å². The van der Waals surface area contributed by atoms with Gasteiger partial charge in [-0.2, -0.15) is 0 Å². The van der Waals surface area contributed by atoms with Crippen molar-refractivity contribution in [2.24, 2.45) is 11.5 Å². The number of unbranched alkanes of at least 4 members (excludes halogenated alkanes) is 12. The van der Waals surface area contributed by atoms with Crippen molar-refractivity contribution < 1.29 is 67.2 Å². The molecule has 82 heavy (non-hydrogen) atoms. The van der Waals surface area contributed by atoms with Crippen molar-refractivity contribution in [2.75, 3.05) is 92.1 Å². The second-order valence-electron chi connectivity index (χ2n) is 21.9. The molecule has 0 unspecified atom stereocenters. The highest BCUT2D eigenvalue weighted by atomic mass is 16.5. The van der Waals surface area contributed by atoms with E-state index in [-0.39, 0.29) is 99.4 Å². The molecule has 0 aliphatic rings. The molecule has 13 N–H and O–H groups in total. The van der Waals surface area contributed by atoms with Gasteiger partial charge in [0, 0.05) is 50.8 Å². The number of carboxylic acid groups (broad SMARTS) is 1. The van der Waals surface area contributed by atoms with E-state index in [9.17, 15) is 43.2 Å². The number of H-pyrrole nitrogens is 1. The number of amides is 5. The summed E-state index contributed by atoms with van der Waals surface area (Å²) in [5.74, 6) is -2.54. The molecule has 472 valence electrons. The lowest BCUT2D eigenvalue weighted by Crippen LogP contribution is -2.60. The van der Waals surface area contributed by atoms with Crippen LogP contribution < -0.4 is 48.7 Å². The van der Waals surface area contributed by atoms with Crippen LogP contribution in [0, 0.1) is 0 Å². The molecule has 0 bridgehead atoms. The van der Waals surface area contributed by atoms with E-state index in [4.69, 9.17) is 35.5 Å². The first-order valence-corrected chi connectivity index (χ1v) is 29.3. The Bertz CT molecular complexity index is 1970. The molecule has 0 aliphatic carbocycles. The van der Waals surface area contributed by atoms with Crippen LogP contribution in [0.1, 0.15) is 170 Å². The number of aromatic amines is 1. The predicted molar refractivity (Wildman–Crippen MR) is 312 cm³/mol. The Kier molecular flexibility index (Phi) is 43.2.